The van der Waals surface area contributed by atoms with Gasteiger partial charge in [0.2, 0.25) is 0 Å². The van der Waals surface area contributed by atoms with Crippen molar-refractivity contribution in [2.75, 3.05) is 43.5 Å². The Morgan fingerprint density at radius 1 is 0.889 bits per heavy atom. The summed E-state index contributed by atoms with van der Waals surface area (Å²) in [5.41, 5.74) is 4.31. The summed E-state index contributed by atoms with van der Waals surface area (Å²) < 4.78 is 11.4. The molecule has 0 bridgehead atoms. The Kier molecular flexibility index (Phi) is 10.5. The van der Waals surface area contributed by atoms with Crippen molar-refractivity contribution in [1.82, 2.24) is 4.90 Å². The lowest BCUT2D eigenvalue weighted by Gasteiger charge is -2.39. The Morgan fingerprint density at radius 2 is 1.53 bits per heavy atom. The van der Waals surface area contributed by atoms with Gasteiger partial charge in [0.15, 0.2) is 6.23 Å². The van der Waals surface area contributed by atoms with E-state index in [0.717, 1.165) is 62.6 Å². The normalized spacial score (nSPS) is 14.4. The van der Waals surface area contributed by atoms with Crippen LogP contribution in [0.3, 0.4) is 0 Å². The van der Waals surface area contributed by atoms with Gasteiger partial charge in [0, 0.05) is 31.9 Å². The number of carbonyl (C=O) groups is 1. The van der Waals surface area contributed by atoms with E-state index in [1.807, 2.05) is 60.7 Å². The van der Waals surface area contributed by atoms with E-state index < -0.39 is 6.09 Å². The van der Waals surface area contributed by atoms with Gasteiger partial charge in [-0.1, -0.05) is 67.9 Å². The molecule has 3 aromatic carbocycles. The number of anilines is 2. The van der Waals surface area contributed by atoms with Crippen molar-refractivity contribution in [3.05, 3.63) is 90.0 Å². The van der Waals surface area contributed by atoms with Crippen molar-refractivity contribution < 1.29 is 14.3 Å². The van der Waals surface area contributed by atoms with E-state index in [4.69, 9.17) is 9.47 Å². The summed E-state index contributed by atoms with van der Waals surface area (Å²) >= 11 is 0. The summed E-state index contributed by atoms with van der Waals surface area (Å²) in [7, 11) is 1.70. The fourth-order valence-corrected chi connectivity index (χ4v) is 4.51. The molecular weight excluding hydrogens is 474 g/mol. The first kappa shape index (κ1) is 27.4. The number of benzene rings is 3. The SMILES string of the molecule is CCCC(OC(=O)Nc1ccc(Cc2ccccc2)cc1)N1CCN(c2ccccc2OC)CC1.Cl. The molecule has 0 spiro atoms. The average molecular weight is 510 g/mol. The van der Waals surface area contributed by atoms with Crippen LogP contribution in [0.5, 0.6) is 5.75 Å². The number of carbonyl (C=O) groups excluding carboxylic acids is 1. The zero-order valence-corrected chi connectivity index (χ0v) is 21.9. The number of nitrogens with one attached hydrogen (secondary N) is 1. The van der Waals surface area contributed by atoms with Gasteiger partial charge in [-0.2, -0.15) is 0 Å². The maximum absolute atomic E-state index is 12.7. The molecule has 1 aliphatic rings. The summed E-state index contributed by atoms with van der Waals surface area (Å²) in [6, 6.07) is 26.4. The van der Waals surface area contributed by atoms with E-state index in [-0.39, 0.29) is 18.6 Å². The van der Waals surface area contributed by atoms with Crippen LogP contribution in [0.25, 0.3) is 0 Å². The van der Waals surface area contributed by atoms with Gasteiger partial charge < -0.3 is 14.4 Å². The molecule has 0 aromatic heterocycles. The number of rotatable bonds is 9. The standard InChI is InChI=1S/C29H35N3O3.ClH/c1-3-9-28(32-20-18-31(19-21-32)26-12-7-8-13-27(26)34-2)35-29(33)30-25-16-14-24(15-17-25)22-23-10-5-4-6-11-23;/h4-8,10-17,28H,3,9,18-22H2,1-2H3,(H,30,33);1H. The molecule has 3 aromatic rings. The van der Waals surface area contributed by atoms with Crippen molar-refractivity contribution in [1.29, 1.82) is 0 Å². The number of piperazine rings is 1. The Balaban J connectivity index is 0.00000361. The number of para-hydroxylation sites is 2. The fourth-order valence-electron chi connectivity index (χ4n) is 4.51. The van der Waals surface area contributed by atoms with Gasteiger partial charge in [-0.05, 0) is 48.2 Å². The number of amides is 1. The van der Waals surface area contributed by atoms with Crippen molar-refractivity contribution in [3.63, 3.8) is 0 Å². The number of hydrogen-bond acceptors (Lipinski definition) is 5. The largest absolute Gasteiger partial charge is 0.495 e. The van der Waals surface area contributed by atoms with E-state index in [1.54, 1.807) is 7.11 Å². The van der Waals surface area contributed by atoms with E-state index in [9.17, 15) is 4.79 Å². The number of hydrogen-bond donors (Lipinski definition) is 1. The number of halogens is 1. The molecule has 1 unspecified atom stereocenters. The predicted octanol–water partition coefficient (Wildman–Crippen LogP) is 6.20. The highest BCUT2D eigenvalue weighted by Gasteiger charge is 2.27. The summed E-state index contributed by atoms with van der Waals surface area (Å²) in [6.45, 7) is 5.47. The van der Waals surface area contributed by atoms with Gasteiger partial charge in [0.05, 0.1) is 12.8 Å². The van der Waals surface area contributed by atoms with Crippen molar-refractivity contribution >= 4 is 29.9 Å². The van der Waals surface area contributed by atoms with Crippen LogP contribution in [0.2, 0.25) is 0 Å². The minimum Gasteiger partial charge on any atom is -0.495 e. The quantitative estimate of drug-likeness (QED) is 0.372. The second-order valence-electron chi connectivity index (χ2n) is 8.83. The Hall–Kier alpha value is -3.22. The maximum atomic E-state index is 12.7. The molecule has 1 atom stereocenters. The lowest BCUT2D eigenvalue weighted by Crippen LogP contribution is -2.52. The van der Waals surface area contributed by atoms with Gasteiger partial charge in [0.1, 0.15) is 5.75 Å². The third-order valence-corrected chi connectivity index (χ3v) is 6.38. The average Bonchev–Trinajstić information content (AvgIpc) is 2.90. The van der Waals surface area contributed by atoms with Crippen LogP contribution in [-0.4, -0.2) is 50.5 Å². The third kappa shape index (κ3) is 7.39. The zero-order valence-electron chi connectivity index (χ0n) is 21.1. The first-order valence-electron chi connectivity index (χ1n) is 12.4. The monoisotopic (exact) mass is 509 g/mol. The Morgan fingerprint density at radius 3 is 2.19 bits per heavy atom. The van der Waals surface area contributed by atoms with Gasteiger partial charge in [-0.15, -0.1) is 12.4 Å². The van der Waals surface area contributed by atoms with Crippen LogP contribution in [0.15, 0.2) is 78.9 Å². The van der Waals surface area contributed by atoms with Crippen LogP contribution in [0.1, 0.15) is 30.9 Å². The van der Waals surface area contributed by atoms with E-state index in [2.05, 4.69) is 40.2 Å². The van der Waals surface area contributed by atoms with Crippen molar-refractivity contribution in [2.24, 2.45) is 0 Å². The molecule has 1 saturated heterocycles. The molecule has 1 amide bonds. The second kappa shape index (κ2) is 13.8. The van der Waals surface area contributed by atoms with Gasteiger partial charge in [-0.3, -0.25) is 10.2 Å². The third-order valence-electron chi connectivity index (χ3n) is 6.38. The summed E-state index contributed by atoms with van der Waals surface area (Å²) in [5, 5.41) is 2.90. The molecule has 192 valence electrons. The maximum Gasteiger partial charge on any atom is 0.413 e. The van der Waals surface area contributed by atoms with Crippen LogP contribution in [-0.2, 0) is 11.2 Å². The molecule has 1 N–H and O–H groups in total. The first-order valence-corrected chi connectivity index (χ1v) is 12.4. The van der Waals surface area contributed by atoms with E-state index in [0.29, 0.717) is 0 Å². The minimum absolute atomic E-state index is 0. The minimum atomic E-state index is -0.411. The Labute approximate surface area is 220 Å². The predicted molar refractivity (Wildman–Crippen MR) is 149 cm³/mol. The number of nitrogens with zero attached hydrogens (tertiary/aromatic N) is 2. The van der Waals surface area contributed by atoms with E-state index >= 15 is 0 Å². The second-order valence-corrected chi connectivity index (χ2v) is 8.83. The molecular formula is C29H36ClN3O3. The highest BCUT2D eigenvalue weighted by atomic mass is 35.5. The molecule has 0 saturated carbocycles. The van der Waals surface area contributed by atoms with Crippen molar-refractivity contribution in [3.8, 4) is 5.75 Å². The molecule has 0 radical (unpaired) electrons. The molecule has 7 heteroatoms. The molecule has 1 aliphatic heterocycles. The number of methoxy groups -OCH3 is 1. The zero-order chi connectivity index (χ0) is 24.5. The lowest BCUT2D eigenvalue weighted by atomic mass is 10.1. The molecule has 36 heavy (non-hydrogen) atoms. The van der Waals surface area contributed by atoms with Gasteiger partial charge in [-0.25, -0.2) is 4.79 Å². The number of ether oxygens (including phenoxy) is 2. The molecule has 4 rings (SSSR count). The highest BCUT2D eigenvalue weighted by molar-refractivity contribution is 5.85. The smallest absolute Gasteiger partial charge is 0.413 e. The van der Waals surface area contributed by atoms with Crippen LogP contribution in [0.4, 0.5) is 16.2 Å². The fraction of sp³-hybridized carbons (Fsp3) is 0.345. The summed E-state index contributed by atoms with van der Waals surface area (Å²) in [4.78, 5) is 17.3. The van der Waals surface area contributed by atoms with Crippen LogP contribution < -0.4 is 15.0 Å². The van der Waals surface area contributed by atoms with Crippen LogP contribution >= 0.6 is 12.4 Å². The molecule has 1 heterocycles. The Bertz CT molecular complexity index is 1070. The lowest BCUT2D eigenvalue weighted by molar-refractivity contribution is -0.0159. The topological polar surface area (TPSA) is 54.0 Å². The first-order chi connectivity index (χ1) is 17.2. The van der Waals surface area contributed by atoms with Gasteiger partial charge >= 0.3 is 6.09 Å². The molecule has 6 nitrogen and oxygen atoms in total. The van der Waals surface area contributed by atoms with Crippen LogP contribution in [0, 0.1) is 0 Å². The van der Waals surface area contributed by atoms with Gasteiger partial charge in [0.25, 0.3) is 0 Å². The van der Waals surface area contributed by atoms with E-state index in [1.165, 1.54) is 11.1 Å². The molecule has 0 aliphatic carbocycles. The highest BCUT2D eigenvalue weighted by Crippen LogP contribution is 2.29. The summed E-state index contributed by atoms with van der Waals surface area (Å²) in [6.07, 6.45) is 1.96. The summed E-state index contributed by atoms with van der Waals surface area (Å²) in [5.74, 6) is 0.886. The van der Waals surface area contributed by atoms with Crippen molar-refractivity contribution in [2.45, 2.75) is 32.4 Å². The molecule has 1 fully saturated rings.